The molecule has 0 heterocycles. The SMILES string of the molecule is CC/C=C\C/C=C\C/C=C\C/C=C\C/C=C\C/C=C\C/C=C\C/C=C\C/C=C\CCCC(=O)OCC(COC(=O)CCCCCCCC)OC(=O)CCCCC/C=C\C/C=C\C/C=C\CC. The van der Waals surface area contributed by atoms with Gasteiger partial charge in [0, 0.05) is 19.3 Å². The Morgan fingerprint density at radius 3 is 0.985 bits per heavy atom. The van der Waals surface area contributed by atoms with E-state index < -0.39 is 6.10 Å². The number of ether oxygens (including phenoxy) is 3. The molecule has 6 nitrogen and oxygen atoms in total. The van der Waals surface area contributed by atoms with Gasteiger partial charge in [0.2, 0.25) is 0 Å². The van der Waals surface area contributed by atoms with Crippen molar-refractivity contribution < 1.29 is 28.6 Å². The Bertz CT molecular complexity index is 1510. The van der Waals surface area contributed by atoms with Gasteiger partial charge in [-0.05, 0) is 116 Å². The van der Waals surface area contributed by atoms with Crippen molar-refractivity contribution in [3.05, 3.63) is 146 Å². The molecule has 0 fully saturated rings. The molecule has 0 aliphatic heterocycles. The van der Waals surface area contributed by atoms with Crippen LogP contribution in [0, 0.1) is 0 Å². The van der Waals surface area contributed by atoms with E-state index in [1.807, 2.05) is 0 Å². The van der Waals surface area contributed by atoms with Crippen molar-refractivity contribution in [2.75, 3.05) is 13.2 Å². The van der Waals surface area contributed by atoms with Gasteiger partial charge in [-0.15, -0.1) is 0 Å². The summed E-state index contributed by atoms with van der Waals surface area (Å²) in [5, 5.41) is 0. The molecule has 0 aromatic heterocycles. The van der Waals surface area contributed by atoms with Crippen molar-refractivity contribution in [1.82, 2.24) is 0 Å². The van der Waals surface area contributed by atoms with Crippen molar-refractivity contribution in [3.63, 3.8) is 0 Å². The summed E-state index contributed by atoms with van der Waals surface area (Å²) < 4.78 is 16.6. The number of carbonyl (C=O) groups excluding carboxylic acids is 3. The number of allylic oxidation sites excluding steroid dienone is 24. The molecule has 1 unspecified atom stereocenters. The van der Waals surface area contributed by atoms with E-state index in [0.29, 0.717) is 19.3 Å². The summed E-state index contributed by atoms with van der Waals surface area (Å²) >= 11 is 0. The lowest BCUT2D eigenvalue weighted by Gasteiger charge is -2.18. The van der Waals surface area contributed by atoms with Crippen LogP contribution in [0.5, 0.6) is 0 Å². The lowest BCUT2D eigenvalue weighted by molar-refractivity contribution is -0.167. The molecule has 0 aliphatic carbocycles. The fraction of sp³-hybridized carbons (Fsp3) is 0.550. The molecule has 0 aromatic carbocycles. The Kier molecular flexibility index (Phi) is 49.1. The van der Waals surface area contributed by atoms with Gasteiger partial charge in [-0.3, -0.25) is 14.4 Å². The van der Waals surface area contributed by atoms with Crippen molar-refractivity contribution in [2.45, 2.75) is 200 Å². The van der Waals surface area contributed by atoms with E-state index in [9.17, 15) is 14.4 Å². The molecule has 0 rings (SSSR count). The Hall–Kier alpha value is -4.71. The first-order valence-corrected chi connectivity index (χ1v) is 25.8. The maximum Gasteiger partial charge on any atom is 0.306 e. The smallest absolute Gasteiger partial charge is 0.306 e. The maximum absolute atomic E-state index is 12.7. The minimum Gasteiger partial charge on any atom is -0.462 e. The molecule has 0 amide bonds. The number of unbranched alkanes of at least 4 members (excludes halogenated alkanes) is 9. The first-order chi connectivity index (χ1) is 32.5. The Balaban J connectivity index is 4.32. The van der Waals surface area contributed by atoms with Gasteiger partial charge in [-0.2, -0.15) is 0 Å². The van der Waals surface area contributed by atoms with Crippen LogP contribution >= 0.6 is 0 Å². The third-order valence-corrected chi connectivity index (χ3v) is 10.1. The van der Waals surface area contributed by atoms with Crippen LogP contribution < -0.4 is 0 Å². The molecule has 0 aliphatic rings. The van der Waals surface area contributed by atoms with E-state index in [1.54, 1.807) is 0 Å². The minimum atomic E-state index is -0.818. The Morgan fingerprint density at radius 2 is 0.606 bits per heavy atom. The molecular formula is C60H92O6. The van der Waals surface area contributed by atoms with E-state index in [2.05, 4.69) is 167 Å². The van der Waals surface area contributed by atoms with Crippen molar-refractivity contribution in [2.24, 2.45) is 0 Å². The topological polar surface area (TPSA) is 78.9 Å². The summed E-state index contributed by atoms with van der Waals surface area (Å²) in [6.07, 6.45) is 75.9. The lowest BCUT2D eigenvalue weighted by Crippen LogP contribution is -2.30. The first kappa shape index (κ1) is 61.3. The van der Waals surface area contributed by atoms with E-state index in [4.69, 9.17) is 14.2 Å². The van der Waals surface area contributed by atoms with Crippen LogP contribution in [0.25, 0.3) is 0 Å². The third kappa shape index (κ3) is 50.3. The largest absolute Gasteiger partial charge is 0.462 e. The number of rotatable bonds is 44. The lowest BCUT2D eigenvalue weighted by atomic mass is 10.1. The molecule has 0 radical (unpaired) electrons. The van der Waals surface area contributed by atoms with E-state index in [-0.39, 0.29) is 44.0 Å². The van der Waals surface area contributed by atoms with Crippen LogP contribution in [0.2, 0.25) is 0 Å². The molecule has 6 heteroatoms. The van der Waals surface area contributed by atoms with Crippen molar-refractivity contribution in [3.8, 4) is 0 Å². The van der Waals surface area contributed by atoms with Gasteiger partial charge < -0.3 is 14.2 Å². The summed E-state index contributed by atoms with van der Waals surface area (Å²) in [7, 11) is 0. The van der Waals surface area contributed by atoms with E-state index in [1.165, 1.54) is 19.3 Å². The number of esters is 3. The predicted octanol–water partition coefficient (Wildman–Crippen LogP) is 17.3. The fourth-order valence-corrected chi connectivity index (χ4v) is 6.28. The Labute approximate surface area is 404 Å². The first-order valence-electron chi connectivity index (χ1n) is 25.8. The van der Waals surface area contributed by atoms with Gasteiger partial charge in [0.15, 0.2) is 6.10 Å². The van der Waals surface area contributed by atoms with Crippen LogP contribution in [0.4, 0.5) is 0 Å². The molecule has 0 N–H and O–H groups in total. The molecule has 0 bridgehead atoms. The zero-order chi connectivity index (χ0) is 47.9. The second kappa shape index (κ2) is 52.9. The zero-order valence-corrected chi connectivity index (χ0v) is 41.9. The van der Waals surface area contributed by atoms with Crippen molar-refractivity contribution >= 4 is 17.9 Å². The van der Waals surface area contributed by atoms with Gasteiger partial charge in [0.25, 0.3) is 0 Å². The third-order valence-electron chi connectivity index (χ3n) is 10.1. The monoisotopic (exact) mass is 909 g/mol. The highest BCUT2D eigenvalue weighted by atomic mass is 16.6. The van der Waals surface area contributed by atoms with Crippen LogP contribution in [-0.4, -0.2) is 37.2 Å². The van der Waals surface area contributed by atoms with Crippen LogP contribution in [-0.2, 0) is 28.6 Å². The average Bonchev–Trinajstić information content (AvgIpc) is 3.31. The van der Waals surface area contributed by atoms with Gasteiger partial charge in [0.1, 0.15) is 13.2 Å². The molecular weight excluding hydrogens is 817 g/mol. The highest BCUT2D eigenvalue weighted by Crippen LogP contribution is 2.11. The fourth-order valence-electron chi connectivity index (χ4n) is 6.28. The molecule has 66 heavy (non-hydrogen) atoms. The van der Waals surface area contributed by atoms with Gasteiger partial charge >= 0.3 is 17.9 Å². The molecule has 0 aromatic rings. The maximum atomic E-state index is 12.7. The summed E-state index contributed by atoms with van der Waals surface area (Å²) in [4.78, 5) is 37.7. The minimum absolute atomic E-state index is 0.114. The second-order valence-corrected chi connectivity index (χ2v) is 16.3. The quantitative estimate of drug-likeness (QED) is 0.0262. The highest BCUT2D eigenvalue weighted by Gasteiger charge is 2.19. The van der Waals surface area contributed by atoms with Crippen LogP contribution in [0.15, 0.2) is 146 Å². The molecule has 0 saturated carbocycles. The van der Waals surface area contributed by atoms with Crippen molar-refractivity contribution in [1.29, 1.82) is 0 Å². The zero-order valence-electron chi connectivity index (χ0n) is 41.9. The number of hydrogen-bond acceptors (Lipinski definition) is 6. The summed E-state index contributed by atoms with van der Waals surface area (Å²) in [5.74, 6) is -1.03. The molecule has 368 valence electrons. The summed E-state index contributed by atoms with van der Waals surface area (Å²) in [5.41, 5.74) is 0. The number of hydrogen-bond donors (Lipinski definition) is 0. The molecule has 0 spiro atoms. The van der Waals surface area contributed by atoms with Crippen LogP contribution in [0.1, 0.15) is 194 Å². The second-order valence-electron chi connectivity index (χ2n) is 16.3. The summed E-state index contributed by atoms with van der Waals surface area (Å²) in [6, 6.07) is 0. The Morgan fingerprint density at radius 1 is 0.318 bits per heavy atom. The van der Waals surface area contributed by atoms with Gasteiger partial charge in [0.05, 0.1) is 0 Å². The summed E-state index contributed by atoms with van der Waals surface area (Å²) in [6.45, 7) is 6.24. The normalized spacial score (nSPS) is 13.3. The number of carbonyl (C=O) groups is 3. The van der Waals surface area contributed by atoms with E-state index in [0.717, 1.165) is 122 Å². The predicted molar refractivity (Wildman–Crippen MR) is 283 cm³/mol. The van der Waals surface area contributed by atoms with E-state index >= 15 is 0 Å². The molecule has 1 atom stereocenters. The van der Waals surface area contributed by atoms with Crippen LogP contribution in [0.3, 0.4) is 0 Å². The van der Waals surface area contributed by atoms with Gasteiger partial charge in [-0.25, -0.2) is 0 Å². The van der Waals surface area contributed by atoms with Gasteiger partial charge in [-0.1, -0.05) is 205 Å². The molecule has 0 saturated heterocycles. The average molecular weight is 909 g/mol. The standard InChI is InChI=1S/C60H92O6/c1-4-7-10-13-16-18-20-22-23-24-25-26-27-28-29-30-31-32-33-34-35-36-37-39-40-42-44-47-50-53-59(62)65-56-57(55-64-58(61)52-49-46-15-12-9-6-3)66-60(63)54-51-48-45-43-41-38-21-19-17-14-11-8-5-2/h7-8,10-11,16-19,22-23,25-26,28-29,31-32,34-35,37-39,41-42,44,57H,4-6,9,12-15,20-21,24,27,30,33,36,40,43,45-56H2,1-3H3/b10-7-,11-8-,18-16-,19-17-,23-22-,26-25-,29-28-,32-31-,35-34-,39-37-,41-38-,44-42-. The highest BCUT2D eigenvalue weighted by molar-refractivity contribution is 5.71.